The third kappa shape index (κ3) is 22.5. The maximum Gasteiger partial charge on any atom is 0.356 e. The highest BCUT2D eigenvalue weighted by Gasteiger charge is 2.34. The van der Waals surface area contributed by atoms with Crippen LogP contribution in [-0.4, -0.2) is 100 Å². The van der Waals surface area contributed by atoms with Crippen molar-refractivity contribution in [1.82, 2.24) is 61.9 Å². The summed E-state index contributed by atoms with van der Waals surface area (Å²) in [5.41, 5.74) is 0. The van der Waals surface area contributed by atoms with Gasteiger partial charge in [-0.05, 0) is 39.8 Å². The van der Waals surface area contributed by atoms with Gasteiger partial charge in [-0.15, -0.1) is 25.5 Å². The lowest BCUT2D eigenvalue weighted by molar-refractivity contribution is -0.144. The first kappa shape index (κ1) is 35.4. The van der Waals surface area contributed by atoms with Gasteiger partial charge >= 0.3 is 13.6 Å². The molecule has 20 nitrogen and oxygen atoms in total. The third-order valence-electron chi connectivity index (χ3n) is 2.90. The van der Waals surface area contributed by atoms with E-state index in [-0.39, 0.29) is 23.9 Å². The molecule has 0 atom stereocenters. The normalized spacial score (nSPS) is 10.2. The Morgan fingerprint density at radius 2 is 1.49 bits per heavy atom. The van der Waals surface area contributed by atoms with Crippen molar-refractivity contribution < 1.29 is 33.8 Å². The second-order valence-electron chi connectivity index (χ2n) is 7.25. The van der Waals surface area contributed by atoms with E-state index in [1.165, 1.54) is 13.8 Å². The molecule has 37 heavy (non-hydrogen) atoms. The van der Waals surface area contributed by atoms with Gasteiger partial charge in [0.05, 0.1) is 6.10 Å². The minimum absolute atomic E-state index is 0.0255. The van der Waals surface area contributed by atoms with Crippen molar-refractivity contribution >= 4 is 25.4 Å². The molecule has 7 N–H and O–H groups in total. The molecule has 0 aliphatic rings. The molecule has 0 bridgehead atoms. The lowest BCUT2D eigenvalue weighted by atomic mass is 10.5. The van der Waals surface area contributed by atoms with E-state index in [0.29, 0.717) is 5.82 Å². The van der Waals surface area contributed by atoms with Gasteiger partial charge < -0.3 is 19.6 Å². The van der Waals surface area contributed by atoms with Crippen molar-refractivity contribution in [2.45, 2.75) is 73.3 Å². The number of aryl methyl sites for hydroxylation is 2. The van der Waals surface area contributed by atoms with Crippen molar-refractivity contribution in [3.05, 3.63) is 11.6 Å². The van der Waals surface area contributed by atoms with Crippen LogP contribution in [0.4, 0.5) is 5.95 Å². The van der Waals surface area contributed by atoms with Gasteiger partial charge in [0.1, 0.15) is 0 Å². The van der Waals surface area contributed by atoms with Crippen molar-refractivity contribution in [3.8, 4) is 0 Å². The highest BCUT2D eigenvalue weighted by atomic mass is 31.2. The smallest absolute Gasteiger partial charge is 0.356 e. The summed E-state index contributed by atoms with van der Waals surface area (Å²) < 4.78 is 14.7. The second-order valence-corrected chi connectivity index (χ2v) is 9.44. The summed E-state index contributed by atoms with van der Waals surface area (Å²) in [5.74, 6) is 1.21. The number of carbonyl (C=O) groups is 2. The molecule has 0 fully saturated rings. The molecule has 3 rings (SSSR count). The van der Waals surface area contributed by atoms with Crippen molar-refractivity contribution in [2.24, 2.45) is 0 Å². The number of hydrogen-bond donors (Lipinski definition) is 7. The van der Waals surface area contributed by atoms with Crippen LogP contribution in [0.5, 0.6) is 0 Å². The van der Waals surface area contributed by atoms with Gasteiger partial charge in [0.25, 0.3) is 5.95 Å². The molecular weight excluding hydrogens is 517 g/mol. The quantitative estimate of drug-likeness (QED) is 0.155. The van der Waals surface area contributed by atoms with Crippen molar-refractivity contribution in [2.75, 3.05) is 5.32 Å². The Bertz CT molecular complexity index is 1000. The van der Waals surface area contributed by atoms with Crippen molar-refractivity contribution in [1.29, 1.82) is 0 Å². The molecule has 0 spiro atoms. The highest BCUT2D eigenvalue weighted by molar-refractivity contribution is 7.53. The molecule has 0 aliphatic heterocycles. The number of aromatic amines is 3. The number of nitrogens with one attached hydrogen (secondary N) is 4. The summed E-state index contributed by atoms with van der Waals surface area (Å²) in [6.07, 6.45) is 0.869. The van der Waals surface area contributed by atoms with Gasteiger partial charge in [0.2, 0.25) is 5.91 Å². The number of nitrogens with zero attached hydrogens (tertiary/aromatic N) is 9. The zero-order valence-corrected chi connectivity index (χ0v) is 22.6. The first-order chi connectivity index (χ1) is 17.0. The van der Waals surface area contributed by atoms with Gasteiger partial charge in [0.15, 0.2) is 17.0 Å². The number of ether oxygens (including phenoxy) is 1. The van der Waals surface area contributed by atoms with E-state index in [4.69, 9.17) is 14.9 Å². The average molecular weight is 552 g/mol. The first-order valence-electron chi connectivity index (χ1n) is 10.4. The van der Waals surface area contributed by atoms with E-state index in [2.05, 4.69) is 71.9 Å². The Morgan fingerprint density at radius 1 is 1.00 bits per heavy atom. The Hall–Kier alpha value is -3.74. The summed E-state index contributed by atoms with van der Waals surface area (Å²) in [5, 5.41) is 47.2. The first-order valence-corrected chi connectivity index (χ1v) is 12.0. The molecule has 0 unspecified atom stereocenters. The number of hydrogen-bond acceptors (Lipinski definition) is 14. The minimum atomic E-state index is -4.29. The zero-order chi connectivity index (χ0) is 29.1. The van der Waals surface area contributed by atoms with Crippen LogP contribution in [0.3, 0.4) is 0 Å². The molecule has 0 saturated heterocycles. The van der Waals surface area contributed by atoms with E-state index in [1.54, 1.807) is 6.92 Å². The third-order valence-corrected chi connectivity index (χ3v) is 4.33. The van der Waals surface area contributed by atoms with Gasteiger partial charge in [-0.3, -0.25) is 19.5 Å². The maximum absolute atomic E-state index is 10.3. The molecule has 1 amide bonds. The largest absolute Gasteiger partial charge is 0.463 e. The predicted octanol–water partition coefficient (Wildman–Crippen LogP) is -0.721. The topological polar surface area (TPSA) is 297 Å². The lowest BCUT2D eigenvalue weighted by Crippen LogP contribution is -2.17. The van der Waals surface area contributed by atoms with Crippen LogP contribution in [0, 0.1) is 6.92 Å². The van der Waals surface area contributed by atoms with Crippen LogP contribution in [0.25, 0.3) is 0 Å². The van der Waals surface area contributed by atoms with E-state index < -0.39 is 12.9 Å². The SMILES string of the molecule is CC(=O)Nc1nn[nH]n1.CC(=O)OC(C)C.CC(C)(O)P(=O)(O)O.CCc1nn[nH]n1.Cc1nn[nH]n1. The Kier molecular flexibility index (Phi) is 17.7. The number of H-pyrrole nitrogens is 3. The fraction of sp³-hybridized carbons (Fsp3) is 0.688. The molecule has 0 saturated carbocycles. The Balaban J connectivity index is 0. The Labute approximate surface area is 211 Å². The summed E-state index contributed by atoms with van der Waals surface area (Å²) in [6, 6.07) is 0. The summed E-state index contributed by atoms with van der Waals surface area (Å²) in [7, 11) is -4.29. The number of aromatic nitrogens is 12. The van der Waals surface area contributed by atoms with Gasteiger partial charge in [-0.2, -0.15) is 15.6 Å². The number of rotatable bonds is 4. The molecule has 210 valence electrons. The maximum atomic E-state index is 10.3. The summed E-state index contributed by atoms with van der Waals surface area (Å²) in [6.45, 7) is 12.3. The standard InChI is InChI=1S/C5H10O2.C3H5N5O.C3H6N4.C3H9O4P.C2H4N4/c1-4(2)7-5(3)6;1-2(9)4-3-5-7-8-6-3;1-2-3-4-6-7-5-3;1-3(2,4)8(5,6)7;1-2-3-5-6-4-2/h4H,1-3H3;1H3,(H2,4,5,6,7,8,9);2H2,1H3,(H,4,5,6,7);4H,1-2H3,(H2,5,6,7);1H3,(H,3,4,5,6). The minimum Gasteiger partial charge on any atom is -0.463 e. The van der Waals surface area contributed by atoms with E-state index in [0.717, 1.165) is 26.1 Å². The van der Waals surface area contributed by atoms with Crippen LogP contribution in [-0.2, 0) is 25.3 Å². The molecular formula is C16H34N13O7P. The molecule has 3 aromatic heterocycles. The number of anilines is 1. The molecule has 3 aromatic rings. The highest BCUT2D eigenvalue weighted by Crippen LogP contribution is 2.47. The van der Waals surface area contributed by atoms with Crippen molar-refractivity contribution in [3.63, 3.8) is 0 Å². The molecule has 0 radical (unpaired) electrons. The van der Waals surface area contributed by atoms with E-state index >= 15 is 0 Å². The fourth-order valence-electron chi connectivity index (χ4n) is 1.25. The predicted molar refractivity (Wildman–Crippen MR) is 126 cm³/mol. The van der Waals surface area contributed by atoms with Gasteiger partial charge in [0, 0.05) is 20.3 Å². The van der Waals surface area contributed by atoms with E-state index in [1.807, 2.05) is 20.8 Å². The van der Waals surface area contributed by atoms with Crippen LogP contribution < -0.4 is 5.32 Å². The van der Waals surface area contributed by atoms with Gasteiger partial charge in [-0.25, -0.2) is 0 Å². The average Bonchev–Trinajstić information content (AvgIpc) is 3.51. The number of amides is 1. The number of carbonyl (C=O) groups excluding carboxylic acids is 2. The van der Waals surface area contributed by atoms with Crippen LogP contribution in [0.1, 0.15) is 60.1 Å². The lowest BCUT2D eigenvalue weighted by Gasteiger charge is -2.17. The molecule has 0 aliphatic carbocycles. The number of esters is 1. The number of aliphatic hydroxyl groups is 1. The van der Waals surface area contributed by atoms with Gasteiger partial charge in [-0.1, -0.05) is 22.4 Å². The summed E-state index contributed by atoms with van der Waals surface area (Å²) in [4.78, 5) is 36.7. The van der Waals surface area contributed by atoms with Crippen LogP contribution in [0.15, 0.2) is 0 Å². The zero-order valence-electron chi connectivity index (χ0n) is 21.7. The Morgan fingerprint density at radius 3 is 1.68 bits per heavy atom. The number of tetrazole rings is 3. The van der Waals surface area contributed by atoms with Crippen LogP contribution in [0.2, 0.25) is 0 Å². The second kappa shape index (κ2) is 18.5. The molecule has 3 heterocycles. The van der Waals surface area contributed by atoms with Crippen LogP contribution >= 0.6 is 7.60 Å². The fourth-order valence-corrected chi connectivity index (χ4v) is 1.25. The monoisotopic (exact) mass is 551 g/mol. The molecule has 21 heteroatoms. The van der Waals surface area contributed by atoms with E-state index in [9.17, 15) is 14.2 Å². The summed E-state index contributed by atoms with van der Waals surface area (Å²) >= 11 is 0. The molecule has 0 aromatic carbocycles.